The van der Waals surface area contributed by atoms with Crippen molar-refractivity contribution in [1.29, 1.82) is 0 Å². The van der Waals surface area contributed by atoms with E-state index in [9.17, 15) is 12.8 Å². The molecule has 1 aromatic rings. The van der Waals surface area contributed by atoms with Crippen LogP contribution < -0.4 is 9.62 Å². The molecule has 1 N–H and O–H groups in total. The van der Waals surface area contributed by atoms with Crippen LogP contribution in [-0.4, -0.2) is 39.8 Å². The predicted molar refractivity (Wildman–Crippen MR) is 91.2 cm³/mol. The van der Waals surface area contributed by atoms with Crippen molar-refractivity contribution in [3.63, 3.8) is 0 Å². The van der Waals surface area contributed by atoms with Gasteiger partial charge in [0.25, 0.3) is 0 Å². The number of anilines is 1. The van der Waals surface area contributed by atoms with Gasteiger partial charge in [0.15, 0.2) is 0 Å². The molecule has 134 valence electrons. The van der Waals surface area contributed by atoms with Crippen LogP contribution in [0.15, 0.2) is 23.1 Å². The number of morpholine rings is 1. The molecule has 0 aromatic heterocycles. The molecule has 1 saturated carbocycles. The Morgan fingerprint density at radius 3 is 2.46 bits per heavy atom. The minimum atomic E-state index is -3.65. The molecule has 0 unspecified atom stereocenters. The fourth-order valence-electron chi connectivity index (χ4n) is 3.99. The van der Waals surface area contributed by atoms with Gasteiger partial charge in [-0.15, -0.1) is 0 Å². The first-order chi connectivity index (χ1) is 11.2. The molecule has 0 atom stereocenters. The smallest absolute Gasteiger partial charge is 0.240 e. The van der Waals surface area contributed by atoms with Gasteiger partial charge in [0.2, 0.25) is 10.0 Å². The third-order valence-electron chi connectivity index (χ3n) is 4.90. The maximum Gasteiger partial charge on any atom is 0.240 e. The Morgan fingerprint density at radius 2 is 1.88 bits per heavy atom. The summed E-state index contributed by atoms with van der Waals surface area (Å²) in [6.45, 7) is 5.27. The summed E-state index contributed by atoms with van der Waals surface area (Å²) in [7, 11) is -2.33. The minimum Gasteiger partial charge on any atom is -0.365 e. The summed E-state index contributed by atoms with van der Waals surface area (Å²) in [5.74, 6) is -0.517. The van der Waals surface area contributed by atoms with Crippen molar-refractivity contribution in [2.24, 2.45) is 0 Å². The molecule has 5 nitrogen and oxygen atoms in total. The molecule has 1 aliphatic carbocycles. The van der Waals surface area contributed by atoms with E-state index in [0.717, 1.165) is 31.7 Å². The molecule has 1 heterocycles. The highest BCUT2D eigenvalue weighted by molar-refractivity contribution is 7.89. The van der Waals surface area contributed by atoms with Crippen molar-refractivity contribution < 1.29 is 17.5 Å². The van der Waals surface area contributed by atoms with E-state index in [1.807, 2.05) is 18.7 Å². The molecule has 0 bridgehead atoms. The quantitative estimate of drug-likeness (QED) is 0.905. The summed E-state index contributed by atoms with van der Waals surface area (Å²) in [5, 5.41) is 0. The molecule has 2 fully saturated rings. The molecule has 1 spiro atoms. The second-order valence-electron chi connectivity index (χ2n) is 7.43. The molecular weight excluding hydrogens is 331 g/mol. The van der Waals surface area contributed by atoms with E-state index in [2.05, 4.69) is 4.72 Å². The van der Waals surface area contributed by atoms with Crippen molar-refractivity contribution in [3.8, 4) is 0 Å². The Morgan fingerprint density at radius 1 is 1.21 bits per heavy atom. The Hall–Kier alpha value is -1.18. The van der Waals surface area contributed by atoms with E-state index < -0.39 is 15.8 Å². The molecule has 0 radical (unpaired) electrons. The number of ether oxygens (including phenoxy) is 1. The fraction of sp³-hybridized carbons (Fsp3) is 0.647. The summed E-state index contributed by atoms with van der Waals surface area (Å²) in [6, 6.07) is 4.10. The number of sulfonamides is 1. The van der Waals surface area contributed by atoms with Crippen LogP contribution >= 0.6 is 0 Å². The van der Waals surface area contributed by atoms with Gasteiger partial charge in [-0.25, -0.2) is 17.5 Å². The zero-order chi connectivity index (χ0) is 17.6. The number of hydrogen-bond donors (Lipinski definition) is 1. The molecule has 7 heteroatoms. The Kier molecular flexibility index (Phi) is 4.38. The van der Waals surface area contributed by atoms with Crippen LogP contribution in [0.25, 0.3) is 0 Å². The Labute approximate surface area is 143 Å². The van der Waals surface area contributed by atoms with Crippen molar-refractivity contribution in [3.05, 3.63) is 24.0 Å². The highest BCUT2D eigenvalue weighted by Gasteiger charge is 2.46. The molecule has 1 aromatic carbocycles. The zero-order valence-electron chi connectivity index (χ0n) is 14.4. The topological polar surface area (TPSA) is 58.6 Å². The fourth-order valence-corrected chi connectivity index (χ4v) is 4.73. The van der Waals surface area contributed by atoms with Gasteiger partial charge in [-0.05, 0) is 51.9 Å². The van der Waals surface area contributed by atoms with Crippen LogP contribution in [0.4, 0.5) is 10.1 Å². The van der Waals surface area contributed by atoms with Gasteiger partial charge in [-0.2, -0.15) is 0 Å². The van der Waals surface area contributed by atoms with Gasteiger partial charge in [0, 0.05) is 13.1 Å². The number of nitrogens with zero attached hydrogens (tertiary/aromatic N) is 1. The normalized spacial score (nSPS) is 22.9. The van der Waals surface area contributed by atoms with Gasteiger partial charge >= 0.3 is 0 Å². The van der Waals surface area contributed by atoms with Gasteiger partial charge in [-0.1, -0.05) is 12.8 Å². The Balaban J connectivity index is 1.93. The monoisotopic (exact) mass is 356 g/mol. The van der Waals surface area contributed by atoms with Crippen molar-refractivity contribution in [1.82, 2.24) is 4.72 Å². The number of nitrogens with one attached hydrogen (secondary N) is 1. The van der Waals surface area contributed by atoms with Crippen LogP contribution in [0, 0.1) is 5.82 Å². The van der Waals surface area contributed by atoms with Crippen LogP contribution in [0.1, 0.15) is 39.5 Å². The summed E-state index contributed by atoms with van der Waals surface area (Å²) >= 11 is 0. The third-order valence-corrected chi connectivity index (χ3v) is 6.31. The van der Waals surface area contributed by atoms with Crippen LogP contribution in [-0.2, 0) is 14.8 Å². The Bertz CT molecular complexity index is 727. The van der Waals surface area contributed by atoms with E-state index in [-0.39, 0.29) is 16.1 Å². The van der Waals surface area contributed by atoms with E-state index in [0.29, 0.717) is 18.8 Å². The lowest BCUT2D eigenvalue weighted by Gasteiger charge is -2.49. The number of hydrogen-bond acceptors (Lipinski definition) is 4. The average molecular weight is 356 g/mol. The van der Waals surface area contributed by atoms with Crippen LogP contribution in [0.5, 0.6) is 0 Å². The average Bonchev–Trinajstić information content (AvgIpc) is 2.92. The molecule has 2 aliphatic rings. The largest absolute Gasteiger partial charge is 0.365 e. The molecule has 1 aliphatic heterocycles. The van der Waals surface area contributed by atoms with Crippen LogP contribution in [0.2, 0.25) is 0 Å². The highest BCUT2D eigenvalue weighted by atomic mass is 32.2. The summed E-state index contributed by atoms with van der Waals surface area (Å²) in [5.41, 5.74) is -0.151. The van der Waals surface area contributed by atoms with E-state index in [1.54, 1.807) is 6.07 Å². The van der Waals surface area contributed by atoms with E-state index >= 15 is 0 Å². The first-order valence-electron chi connectivity index (χ1n) is 8.35. The second-order valence-corrected chi connectivity index (χ2v) is 9.32. The van der Waals surface area contributed by atoms with Gasteiger partial charge < -0.3 is 9.64 Å². The SMILES string of the molecule is CNS(=O)(=O)c1ccc(N2CC(C)(C)OC3(CCCC3)C2)c(F)c1. The lowest BCUT2D eigenvalue weighted by atomic mass is 9.93. The molecular formula is C17H25FN2O3S. The standard InChI is InChI=1S/C17H25FN2O3S/c1-16(2)11-20(12-17(23-16)8-4-5-9-17)15-7-6-13(10-14(15)18)24(21,22)19-3/h6-7,10,19H,4-5,8-9,11-12H2,1-3H3. The predicted octanol–water partition coefficient (Wildman–Crippen LogP) is 2.66. The number of benzene rings is 1. The van der Waals surface area contributed by atoms with E-state index in [4.69, 9.17) is 4.74 Å². The maximum atomic E-state index is 14.7. The maximum absolute atomic E-state index is 14.7. The first-order valence-corrected chi connectivity index (χ1v) is 9.83. The van der Waals surface area contributed by atoms with Crippen molar-refractivity contribution in [2.75, 3.05) is 25.0 Å². The molecule has 1 saturated heterocycles. The summed E-state index contributed by atoms with van der Waals surface area (Å²) < 4.78 is 46.9. The minimum absolute atomic E-state index is 0.0608. The molecule has 24 heavy (non-hydrogen) atoms. The van der Waals surface area contributed by atoms with Crippen molar-refractivity contribution >= 4 is 15.7 Å². The van der Waals surface area contributed by atoms with Gasteiger partial charge in [-0.3, -0.25) is 0 Å². The van der Waals surface area contributed by atoms with Gasteiger partial charge in [0.05, 0.1) is 21.8 Å². The van der Waals surface area contributed by atoms with E-state index in [1.165, 1.54) is 13.1 Å². The third kappa shape index (κ3) is 3.30. The summed E-state index contributed by atoms with van der Waals surface area (Å²) in [6.07, 6.45) is 4.24. The lowest BCUT2D eigenvalue weighted by Crippen LogP contribution is -2.59. The number of halogens is 1. The zero-order valence-corrected chi connectivity index (χ0v) is 15.2. The molecule has 3 rings (SSSR count). The van der Waals surface area contributed by atoms with Crippen molar-refractivity contribution in [2.45, 2.75) is 55.6 Å². The summed E-state index contributed by atoms with van der Waals surface area (Å²) in [4.78, 5) is 1.94. The number of rotatable bonds is 3. The second kappa shape index (κ2) is 5.97. The first kappa shape index (κ1) is 17.6. The lowest BCUT2D eigenvalue weighted by molar-refractivity contribution is -0.148. The van der Waals surface area contributed by atoms with Gasteiger partial charge in [0.1, 0.15) is 5.82 Å². The van der Waals surface area contributed by atoms with Crippen LogP contribution in [0.3, 0.4) is 0 Å². The highest BCUT2D eigenvalue weighted by Crippen LogP contribution is 2.42. The molecule has 0 amide bonds.